The predicted octanol–water partition coefficient (Wildman–Crippen LogP) is 3.72. The molecule has 0 aromatic heterocycles. The van der Waals surface area contributed by atoms with E-state index in [0.717, 1.165) is 14.7 Å². The van der Waals surface area contributed by atoms with Gasteiger partial charge in [-0.1, -0.05) is 42.5 Å². The summed E-state index contributed by atoms with van der Waals surface area (Å²) in [6, 6.07) is 17.5. The summed E-state index contributed by atoms with van der Waals surface area (Å²) in [5, 5.41) is 0. The van der Waals surface area contributed by atoms with Crippen molar-refractivity contribution in [1.82, 2.24) is 0 Å². The Kier molecular flexibility index (Phi) is 3.72. The first-order valence-electron chi connectivity index (χ1n) is 5.08. The molecule has 1 nitrogen and oxygen atoms in total. The zero-order valence-corrected chi connectivity index (χ0v) is 10.8. The number of halogens is 1. The molecule has 16 heavy (non-hydrogen) atoms. The van der Waals surface area contributed by atoms with Crippen LogP contribution in [0.4, 0.5) is 0 Å². The lowest BCUT2D eigenvalue weighted by atomic mass is 10.0. The van der Waals surface area contributed by atoms with E-state index >= 15 is 0 Å². The van der Waals surface area contributed by atoms with Crippen LogP contribution in [0.5, 0.6) is 0 Å². The van der Waals surface area contributed by atoms with Crippen molar-refractivity contribution >= 4 is 28.4 Å². The zero-order valence-electron chi connectivity index (χ0n) is 8.69. The molecule has 0 aliphatic heterocycles. The molecule has 0 unspecified atom stereocenters. The summed E-state index contributed by atoms with van der Waals surface area (Å²) in [5.74, 6) is 0.169. The lowest BCUT2D eigenvalue weighted by molar-refractivity contribution is 0.0993. The standard InChI is InChI=1S/C14H11IO/c15-13-8-6-12(7-9-13)14(16)10-11-4-2-1-3-5-11/h1-9H,10H2. The molecule has 0 aliphatic rings. The van der Waals surface area contributed by atoms with Crippen molar-refractivity contribution in [1.29, 1.82) is 0 Å². The second-order valence-electron chi connectivity index (χ2n) is 3.59. The minimum absolute atomic E-state index is 0.169. The van der Waals surface area contributed by atoms with E-state index in [2.05, 4.69) is 22.6 Å². The number of benzene rings is 2. The van der Waals surface area contributed by atoms with Crippen LogP contribution >= 0.6 is 22.6 Å². The maximum absolute atomic E-state index is 11.9. The average molecular weight is 322 g/mol. The molecule has 0 atom stereocenters. The highest BCUT2D eigenvalue weighted by Gasteiger charge is 2.05. The highest BCUT2D eigenvalue weighted by molar-refractivity contribution is 14.1. The van der Waals surface area contributed by atoms with Crippen molar-refractivity contribution < 1.29 is 4.79 Å². The third-order valence-corrected chi connectivity index (χ3v) is 3.09. The Labute approximate surface area is 109 Å². The fourth-order valence-electron chi connectivity index (χ4n) is 1.52. The number of hydrogen-bond donors (Lipinski definition) is 0. The lowest BCUT2D eigenvalue weighted by Gasteiger charge is -2.01. The maximum Gasteiger partial charge on any atom is 0.167 e. The van der Waals surface area contributed by atoms with Gasteiger partial charge in [0.05, 0.1) is 0 Å². The average Bonchev–Trinajstić information content (AvgIpc) is 2.31. The normalized spacial score (nSPS) is 10.1. The van der Waals surface area contributed by atoms with Crippen LogP contribution in [0.2, 0.25) is 0 Å². The van der Waals surface area contributed by atoms with Crippen molar-refractivity contribution in [3.63, 3.8) is 0 Å². The van der Waals surface area contributed by atoms with Gasteiger partial charge in [-0.15, -0.1) is 0 Å². The molecule has 0 bridgehead atoms. The van der Waals surface area contributed by atoms with Gasteiger partial charge in [0.15, 0.2) is 5.78 Å². The quantitative estimate of drug-likeness (QED) is 0.622. The number of carbonyl (C=O) groups is 1. The molecule has 2 rings (SSSR count). The van der Waals surface area contributed by atoms with Gasteiger partial charge >= 0.3 is 0 Å². The van der Waals surface area contributed by atoms with Gasteiger partial charge in [0.25, 0.3) is 0 Å². The van der Waals surface area contributed by atoms with Crippen molar-refractivity contribution in [2.24, 2.45) is 0 Å². The van der Waals surface area contributed by atoms with Crippen molar-refractivity contribution in [3.8, 4) is 0 Å². The minimum atomic E-state index is 0.169. The number of rotatable bonds is 3. The van der Waals surface area contributed by atoms with Gasteiger partial charge in [0.2, 0.25) is 0 Å². The van der Waals surface area contributed by atoms with Crippen LogP contribution in [0.3, 0.4) is 0 Å². The molecule has 0 radical (unpaired) electrons. The van der Waals surface area contributed by atoms with Crippen LogP contribution in [0.1, 0.15) is 15.9 Å². The Hall–Kier alpha value is -1.16. The predicted molar refractivity (Wildman–Crippen MR) is 73.6 cm³/mol. The molecule has 0 spiro atoms. The molecule has 0 aliphatic carbocycles. The SMILES string of the molecule is O=C(Cc1ccccc1)c1ccc(I)cc1. The summed E-state index contributed by atoms with van der Waals surface area (Å²) in [6.45, 7) is 0. The topological polar surface area (TPSA) is 17.1 Å². The summed E-state index contributed by atoms with van der Waals surface area (Å²) >= 11 is 2.23. The molecule has 0 fully saturated rings. The third kappa shape index (κ3) is 2.92. The molecule has 0 saturated carbocycles. The van der Waals surface area contributed by atoms with Crippen LogP contribution in [0.25, 0.3) is 0 Å². The van der Waals surface area contributed by atoms with E-state index in [1.54, 1.807) is 0 Å². The first kappa shape index (κ1) is 11.3. The summed E-state index contributed by atoms with van der Waals surface area (Å²) < 4.78 is 1.15. The Morgan fingerprint density at radius 1 is 0.938 bits per heavy atom. The van der Waals surface area contributed by atoms with E-state index in [-0.39, 0.29) is 5.78 Å². The second-order valence-corrected chi connectivity index (χ2v) is 4.84. The summed E-state index contributed by atoms with van der Waals surface area (Å²) in [6.07, 6.45) is 0.474. The molecule has 2 heteroatoms. The Morgan fingerprint density at radius 2 is 1.56 bits per heavy atom. The van der Waals surface area contributed by atoms with Crippen molar-refractivity contribution in [2.45, 2.75) is 6.42 Å². The summed E-state index contributed by atoms with van der Waals surface area (Å²) in [7, 11) is 0. The minimum Gasteiger partial charge on any atom is -0.294 e. The van der Waals surface area contributed by atoms with E-state index in [4.69, 9.17) is 0 Å². The van der Waals surface area contributed by atoms with Gasteiger partial charge in [-0.25, -0.2) is 0 Å². The largest absolute Gasteiger partial charge is 0.294 e. The smallest absolute Gasteiger partial charge is 0.167 e. The number of ketones is 1. The summed E-state index contributed by atoms with van der Waals surface area (Å²) in [4.78, 5) is 11.9. The van der Waals surface area contributed by atoms with Gasteiger partial charge in [0.1, 0.15) is 0 Å². The first-order valence-corrected chi connectivity index (χ1v) is 6.16. The van der Waals surface area contributed by atoms with Crippen LogP contribution < -0.4 is 0 Å². The van der Waals surface area contributed by atoms with Gasteiger partial charge in [-0.3, -0.25) is 4.79 Å². The van der Waals surface area contributed by atoms with E-state index in [1.807, 2.05) is 54.6 Å². The van der Waals surface area contributed by atoms with E-state index in [0.29, 0.717) is 6.42 Å². The first-order chi connectivity index (χ1) is 7.75. The number of Topliss-reactive ketones (excluding diaryl/α,β-unsaturated/α-hetero) is 1. The van der Waals surface area contributed by atoms with Crippen molar-refractivity contribution in [3.05, 3.63) is 69.3 Å². The number of carbonyl (C=O) groups excluding carboxylic acids is 1. The molecular formula is C14H11IO. The van der Waals surface area contributed by atoms with Crippen LogP contribution in [0.15, 0.2) is 54.6 Å². The highest BCUT2D eigenvalue weighted by atomic mass is 127. The van der Waals surface area contributed by atoms with E-state index in [1.165, 1.54) is 0 Å². The van der Waals surface area contributed by atoms with Gasteiger partial charge in [-0.05, 0) is 40.3 Å². The molecule has 2 aromatic carbocycles. The molecule has 0 amide bonds. The zero-order chi connectivity index (χ0) is 11.4. The highest BCUT2D eigenvalue weighted by Crippen LogP contribution is 2.10. The third-order valence-electron chi connectivity index (χ3n) is 2.37. The Bertz CT molecular complexity index is 474. The molecular weight excluding hydrogens is 311 g/mol. The maximum atomic E-state index is 11.9. The van der Waals surface area contributed by atoms with Crippen LogP contribution in [-0.4, -0.2) is 5.78 Å². The number of hydrogen-bond acceptors (Lipinski definition) is 1. The molecule has 80 valence electrons. The van der Waals surface area contributed by atoms with Crippen LogP contribution in [-0.2, 0) is 6.42 Å². The van der Waals surface area contributed by atoms with E-state index in [9.17, 15) is 4.79 Å². The fraction of sp³-hybridized carbons (Fsp3) is 0.0714. The summed E-state index contributed by atoms with van der Waals surface area (Å²) in [5.41, 5.74) is 1.84. The van der Waals surface area contributed by atoms with Crippen LogP contribution in [0, 0.1) is 3.57 Å². The van der Waals surface area contributed by atoms with Gasteiger partial charge < -0.3 is 0 Å². The lowest BCUT2D eigenvalue weighted by Crippen LogP contribution is -2.03. The van der Waals surface area contributed by atoms with Gasteiger partial charge in [-0.2, -0.15) is 0 Å². The Balaban J connectivity index is 2.12. The Morgan fingerprint density at radius 3 is 2.19 bits per heavy atom. The van der Waals surface area contributed by atoms with Crippen molar-refractivity contribution in [2.75, 3.05) is 0 Å². The molecule has 0 heterocycles. The monoisotopic (exact) mass is 322 g/mol. The second kappa shape index (κ2) is 5.25. The molecule has 0 saturated heterocycles. The fourth-order valence-corrected chi connectivity index (χ4v) is 1.88. The molecule has 2 aromatic rings. The van der Waals surface area contributed by atoms with Gasteiger partial charge in [0, 0.05) is 15.6 Å². The van der Waals surface area contributed by atoms with E-state index < -0.39 is 0 Å². The molecule has 0 N–H and O–H groups in total.